The van der Waals surface area contributed by atoms with Crippen LogP contribution in [0.15, 0.2) is 0 Å². The number of hydrogen-bond donors (Lipinski definition) is 1. The minimum absolute atomic E-state index is 0.00377. The van der Waals surface area contributed by atoms with E-state index in [2.05, 4.69) is 15.4 Å². The molecule has 0 radical (unpaired) electrons. The van der Waals surface area contributed by atoms with E-state index in [1.165, 1.54) is 0 Å². The quantitative estimate of drug-likeness (QED) is 0.813. The van der Waals surface area contributed by atoms with Crippen molar-refractivity contribution in [1.29, 1.82) is 0 Å². The van der Waals surface area contributed by atoms with Crippen LogP contribution in [-0.2, 0) is 20.9 Å². The molecule has 0 saturated carbocycles. The SMILES string of the molecule is CNC(=O)CC[C@@]1(OC)CCCN(C(=O)Cn2nc(C)nc2C)C1. The molecule has 8 heteroatoms. The summed E-state index contributed by atoms with van der Waals surface area (Å²) in [4.78, 5) is 30.2. The van der Waals surface area contributed by atoms with Crippen LogP contribution in [0.5, 0.6) is 0 Å². The van der Waals surface area contributed by atoms with Crippen molar-refractivity contribution in [1.82, 2.24) is 25.0 Å². The molecule has 1 saturated heterocycles. The van der Waals surface area contributed by atoms with Gasteiger partial charge in [0, 0.05) is 33.7 Å². The predicted molar refractivity (Wildman–Crippen MR) is 88.4 cm³/mol. The molecule has 0 aromatic carbocycles. The van der Waals surface area contributed by atoms with Crippen LogP contribution in [0.4, 0.5) is 0 Å². The van der Waals surface area contributed by atoms with Crippen LogP contribution in [-0.4, -0.2) is 64.3 Å². The van der Waals surface area contributed by atoms with E-state index < -0.39 is 5.60 Å². The molecule has 1 atom stereocenters. The number of hydrogen-bond acceptors (Lipinski definition) is 5. The van der Waals surface area contributed by atoms with Crippen molar-refractivity contribution in [2.75, 3.05) is 27.2 Å². The van der Waals surface area contributed by atoms with Gasteiger partial charge in [-0.1, -0.05) is 0 Å². The van der Waals surface area contributed by atoms with Gasteiger partial charge in [0.05, 0.1) is 5.60 Å². The molecule has 0 aliphatic carbocycles. The van der Waals surface area contributed by atoms with Crippen LogP contribution in [0.25, 0.3) is 0 Å². The highest BCUT2D eigenvalue weighted by atomic mass is 16.5. The molecule has 2 rings (SSSR count). The first-order chi connectivity index (χ1) is 11.4. The van der Waals surface area contributed by atoms with Crippen molar-refractivity contribution in [2.24, 2.45) is 0 Å². The maximum absolute atomic E-state index is 12.6. The topological polar surface area (TPSA) is 89.4 Å². The molecule has 0 spiro atoms. The fourth-order valence-electron chi connectivity index (χ4n) is 3.19. The molecule has 1 fully saturated rings. The molecule has 1 aromatic heterocycles. The second-order valence-electron chi connectivity index (χ2n) is 6.34. The first kappa shape index (κ1) is 18.4. The molecule has 24 heavy (non-hydrogen) atoms. The molecule has 2 amide bonds. The van der Waals surface area contributed by atoms with Crippen molar-refractivity contribution in [3.63, 3.8) is 0 Å². The minimum atomic E-state index is -0.451. The number of likely N-dealkylation sites (tertiary alicyclic amines) is 1. The maximum atomic E-state index is 12.6. The van der Waals surface area contributed by atoms with Crippen LogP contribution in [0, 0.1) is 13.8 Å². The number of piperidine rings is 1. The molecule has 0 unspecified atom stereocenters. The summed E-state index contributed by atoms with van der Waals surface area (Å²) >= 11 is 0. The Kier molecular flexibility index (Phi) is 5.93. The smallest absolute Gasteiger partial charge is 0.244 e. The summed E-state index contributed by atoms with van der Waals surface area (Å²) in [5, 5.41) is 6.87. The average Bonchev–Trinajstić information content (AvgIpc) is 2.90. The summed E-state index contributed by atoms with van der Waals surface area (Å²) in [6.07, 6.45) is 2.72. The van der Waals surface area contributed by atoms with Crippen molar-refractivity contribution in [3.05, 3.63) is 11.6 Å². The zero-order chi connectivity index (χ0) is 17.7. The largest absolute Gasteiger partial charge is 0.376 e. The highest BCUT2D eigenvalue weighted by molar-refractivity contribution is 5.76. The molecular formula is C16H27N5O3. The lowest BCUT2D eigenvalue weighted by molar-refractivity contribution is -0.142. The third-order valence-corrected chi connectivity index (χ3v) is 4.66. The normalized spacial score (nSPS) is 20.9. The molecule has 1 N–H and O–H groups in total. The second kappa shape index (κ2) is 7.74. The van der Waals surface area contributed by atoms with E-state index in [1.807, 2.05) is 18.7 Å². The van der Waals surface area contributed by atoms with E-state index in [0.717, 1.165) is 18.7 Å². The molecule has 1 aromatic rings. The highest BCUT2D eigenvalue weighted by Crippen LogP contribution is 2.29. The summed E-state index contributed by atoms with van der Waals surface area (Å²) in [5.74, 6) is 1.39. The third-order valence-electron chi connectivity index (χ3n) is 4.66. The number of ether oxygens (including phenoxy) is 1. The van der Waals surface area contributed by atoms with Gasteiger partial charge in [-0.15, -0.1) is 0 Å². The first-order valence-corrected chi connectivity index (χ1v) is 8.31. The standard InChI is InChI=1S/C16H27N5O3/c1-12-18-13(2)21(19-12)10-15(23)20-9-5-7-16(11-20,24-4)8-6-14(22)17-3/h5-11H2,1-4H3,(H,17,22)/t16-/m0/s1. The van der Waals surface area contributed by atoms with Crippen molar-refractivity contribution in [3.8, 4) is 0 Å². The Balaban J connectivity index is 2.01. The number of aryl methyl sites for hydroxylation is 2. The zero-order valence-electron chi connectivity index (χ0n) is 15.0. The summed E-state index contributed by atoms with van der Waals surface area (Å²) in [6, 6.07) is 0. The van der Waals surface area contributed by atoms with Gasteiger partial charge in [0.25, 0.3) is 0 Å². The summed E-state index contributed by atoms with van der Waals surface area (Å²) in [6.45, 7) is 5.04. The summed E-state index contributed by atoms with van der Waals surface area (Å²) < 4.78 is 7.35. The molecule has 8 nitrogen and oxygen atoms in total. The summed E-state index contributed by atoms with van der Waals surface area (Å²) in [5.41, 5.74) is -0.451. The van der Waals surface area contributed by atoms with Gasteiger partial charge in [0.1, 0.15) is 18.2 Å². The van der Waals surface area contributed by atoms with Gasteiger partial charge in [-0.2, -0.15) is 5.10 Å². The molecule has 1 aliphatic heterocycles. The van der Waals surface area contributed by atoms with E-state index in [-0.39, 0.29) is 18.4 Å². The predicted octanol–water partition coefficient (Wildman–Crippen LogP) is 0.429. The number of carbonyl (C=O) groups is 2. The monoisotopic (exact) mass is 337 g/mol. The van der Waals surface area contributed by atoms with Gasteiger partial charge in [0.2, 0.25) is 11.8 Å². The maximum Gasteiger partial charge on any atom is 0.244 e. The molecule has 0 bridgehead atoms. The van der Waals surface area contributed by atoms with E-state index in [1.54, 1.807) is 18.8 Å². The van der Waals surface area contributed by atoms with Crippen LogP contribution in [0.2, 0.25) is 0 Å². The number of rotatable bonds is 6. The van der Waals surface area contributed by atoms with E-state index in [0.29, 0.717) is 31.8 Å². The molecule has 2 heterocycles. The molecule has 1 aliphatic rings. The Morgan fingerprint density at radius 1 is 1.38 bits per heavy atom. The Morgan fingerprint density at radius 2 is 2.12 bits per heavy atom. The first-order valence-electron chi connectivity index (χ1n) is 8.31. The van der Waals surface area contributed by atoms with E-state index in [4.69, 9.17) is 4.74 Å². The van der Waals surface area contributed by atoms with Crippen LogP contribution in [0.1, 0.15) is 37.3 Å². The fourth-order valence-corrected chi connectivity index (χ4v) is 3.19. The number of amides is 2. The van der Waals surface area contributed by atoms with Crippen molar-refractivity contribution in [2.45, 2.75) is 51.7 Å². The lowest BCUT2D eigenvalue weighted by atomic mass is 9.87. The number of nitrogens with one attached hydrogen (secondary N) is 1. The fraction of sp³-hybridized carbons (Fsp3) is 0.750. The minimum Gasteiger partial charge on any atom is -0.376 e. The Hall–Kier alpha value is -1.96. The average molecular weight is 337 g/mol. The van der Waals surface area contributed by atoms with E-state index >= 15 is 0 Å². The van der Waals surface area contributed by atoms with Gasteiger partial charge in [0.15, 0.2) is 0 Å². The van der Waals surface area contributed by atoms with Crippen molar-refractivity contribution >= 4 is 11.8 Å². The number of methoxy groups -OCH3 is 1. The number of carbonyl (C=O) groups excluding carboxylic acids is 2. The van der Waals surface area contributed by atoms with Gasteiger partial charge >= 0.3 is 0 Å². The van der Waals surface area contributed by atoms with Crippen LogP contribution >= 0.6 is 0 Å². The molecule has 134 valence electrons. The lowest BCUT2D eigenvalue weighted by Gasteiger charge is -2.42. The van der Waals surface area contributed by atoms with Crippen LogP contribution in [0.3, 0.4) is 0 Å². The molecular weight excluding hydrogens is 310 g/mol. The van der Waals surface area contributed by atoms with Gasteiger partial charge in [-0.05, 0) is 33.1 Å². The van der Waals surface area contributed by atoms with Crippen LogP contribution < -0.4 is 5.32 Å². The third kappa shape index (κ3) is 4.31. The second-order valence-corrected chi connectivity index (χ2v) is 6.34. The zero-order valence-corrected chi connectivity index (χ0v) is 15.0. The Morgan fingerprint density at radius 3 is 2.71 bits per heavy atom. The highest BCUT2D eigenvalue weighted by Gasteiger charge is 2.37. The Bertz CT molecular complexity index is 601. The number of nitrogens with zero attached hydrogens (tertiary/aromatic N) is 4. The van der Waals surface area contributed by atoms with E-state index in [9.17, 15) is 9.59 Å². The van der Waals surface area contributed by atoms with Crippen molar-refractivity contribution < 1.29 is 14.3 Å². The van der Waals surface area contributed by atoms with Gasteiger partial charge in [-0.25, -0.2) is 9.67 Å². The lowest BCUT2D eigenvalue weighted by Crippen LogP contribution is -2.52. The summed E-state index contributed by atoms with van der Waals surface area (Å²) in [7, 11) is 3.28. The van der Waals surface area contributed by atoms with Gasteiger partial charge < -0.3 is 15.0 Å². The van der Waals surface area contributed by atoms with Gasteiger partial charge in [-0.3, -0.25) is 9.59 Å². The number of aromatic nitrogens is 3. The Labute approximate surface area is 142 Å².